The van der Waals surface area contributed by atoms with Crippen LogP contribution in [0.5, 0.6) is 0 Å². The summed E-state index contributed by atoms with van der Waals surface area (Å²) < 4.78 is 19.3. The van der Waals surface area contributed by atoms with E-state index in [0.717, 1.165) is 0 Å². The lowest BCUT2D eigenvalue weighted by Crippen LogP contribution is -2.37. The minimum Gasteiger partial charge on any atom is -0.444 e. The van der Waals surface area contributed by atoms with Crippen LogP contribution in [0.3, 0.4) is 0 Å². The van der Waals surface area contributed by atoms with Crippen LogP contribution in [-0.2, 0) is 4.74 Å². The van der Waals surface area contributed by atoms with Gasteiger partial charge in [0.15, 0.2) is 5.82 Å². The van der Waals surface area contributed by atoms with E-state index in [1.54, 1.807) is 20.8 Å². The van der Waals surface area contributed by atoms with Gasteiger partial charge < -0.3 is 9.84 Å². The lowest BCUT2D eigenvalue weighted by molar-refractivity contribution is 0.0206. The number of aliphatic hydroxyl groups excluding tert-OH is 1. The summed E-state index contributed by atoms with van der Waals surface area (Å²) in [5, 5.41) is 9.82. The number of ether oxygens (including phenoxy) is 1. The molecular formula is C15H20ClFN2O3. The summed E-state index contributed by atoms with van der Waals surface area (Å²) in [6.07, 6.45) is 0.438. The number of hydrogen-bond acceptors (Lipinski definition) is 4. The Labute approximate surface area is 134 Å². The molecule has 0 bridgehead atoms. The van der Waals surface area contributed by atoms with Gasteiger partial charge in [-0.2, -0.15) is 0 Å². The SMILES string of the molecule is Cc1ncc(C2C[C@@H](O)CN2C(=O)OC(C)(C)C)c(Cl)c1F. The van der Waals surface area contributed by atoms with Crippen LogP contribution in [0.2, 0.25) is 5.02 Å². The highest BCUT2D eigenvalue weighted by Crippen LogP contribution is 2.37. The van der Waals surface area contributed by atoms with E-state index in [9.17, 15) is 14.3 Å². The van der Waals surface area contributed by atoms with E-state index in [0.29, 0.717) is 5.56 Å². The van der Waals surface area contributed by atoms with E-state index in [1.807, 2.05) is 0 Å². The molecular weight excluding hydrogens is 311 g/mol. The molecule has 2 rings (SSSR count). The molecule has 1 amide bonds. The molecule has 1 unspecified atom stereocenters. The van der Waals surface area contributed by atoms with Crippen molar-refractivity contribution >= 4 is 17.7 Å². The quantitative estimate of drug-likeness (QED) is 0.858. The second-order valence-electron chi connectivity index (χ2n) is 6.46. The van der Waals surface area contributed by atoms with E-state index < -0.39 is 29.7 Å². The largest absolute Gasteiger partial charge is 0.444 e. The van der Waals surface area contributed by atoms with Crippen molar-refractivity contribution < 1.29 is 19.0 Å². The van der Waals surface area contributed by atoms with E-state index in [4.69, 9.17) is 16.3 Å². The monoisotopic (exact) mass is 330 g/mol. The molecule has 22 heavy (non-hydrogen) atoms. The predicted octanol–water partition coefficient (Wildman–Crippen LogP) is 3.23. The smallest absolute Gasteiger partial charge is 0.410 e. The molecule has 2 atom stereocenters. The van der Waals surface area contributed by atoms with Crippen LogP contribution in [-0.4, -0.2) is 39.3 Å². The summed E-state index contributed by atoms with van der Waals surface area (Å²) in [4.78, 5) is 17.6. The van der Waals surface area contributed by atoms with Gasteiger partial charge >= 0.3 is 6.09 Å². The summed E-state index contributed by atoms with van der Waals surface area (Å²) in [7, 11) is 0. The molecule has 1 aromatic rings. The molecule has 1 aliphatic rings. The van der Waals surface area contributed by atoms with Crippen molar-refractivity contribution in [2.45, 2.75) is 51.9 Å². The number of rotatable bonds is 1. The average Bonchev–Trinajstić information content (AvgIpc) is 2.76. The summed E-state index contributed by atoms with van der Waals surface area (Å²) >= 11 is 6.05. The predicted molar refractivity (Wildman–Crippen MR) is 80.2 cm³/mol. The Morgan fingerprint density at radius 3 is 2.77 bits per heavy atom. The Balaban J connectivity index is 2.32. The molecule has 5 nitrogen and oxygen atoms in total. The normalized spacial score (nSPS) is 22.0. The van der Waals surface area contributed by atoms with Gasteiger partial charge in [-0.15, -0.1) is 0 Å². The number of aromatic nitrogens is 1. The van der Waals surface area contributed by atoms with Crippen molar-refractivity contribution in [3.63, 3.8) is 0 Å². The highest BCUT2D eigenvalue weighted by molar-refractivity contribution is 6.31. The zero-order valence-corrected chi connectivity index (χ0v) is 13.8. The second-order valence-corrected chi connectivity index (χ2v) is 6.84. The van der Waals surface area contributed by atoms with Crippen LogP contribution < -0.4 is 0 Å². The summed E-state index contributed by atoms with van der Waals surface area (Å²) in [6.45, 7) is 6.90. The van der Waals surface area contributed by atoms with Gasteiger partial charge in [0.25, 0.3) is 0 Å². The number of nitrogens with zero attached hydrogens (tertiary/aromatic N) is 2. The van der Waals surface area contributed by atoms with Crippen LogP contribution >= 0.6 is 11.6 Å². The molecule has 0 saturated carbocycles. The highest BCUT2D eigenvalue weighted by atomic mass is 35.5. The Bertz CT molecular complexity index is 589. The fourth-order valence-corrected chi connectivity index (χ4v) is 2.74. The molecule has 1 saturated heterocycles. The number of aryl methyl sites for hydroxylation is 1. The van der Waals surface area contributed by atoms with Crippen molar-refractivity contribution in [3.05, 3.63) is 28.3 Å². The first-order chi connectivity index (χ1) is 10.1. The van der Waals surface area contributed by atoms with E-state index in [2.05, 4.69) is 4.98 Å². The van der Waals surface area contributed by atoms with Crippen molar-refractivity contribution in [2.24, 2.45) is 0 Å². The maximum atomic E-state index is 13.9. The van der Waals surface area contributed by atoms with Crippen LogP contribution in [0.25, 0.3) is 0 Å². The summed E-state index contributed by atoms with van der Waals surface area (Å²) in [6, 6.07) is -0.556. The minimum absolute atomic E-state index is 0.0693. The van der Waals surface area contributed by atoms with Gasteiger partial charge in [-0.1, -0.05) is 11.6 Å². The molecule has 1 aromatic heterocycles. The molecule has 0 aliphatic carbocycles. The fraction of sp³-hybridized carbons (Fsp3) is 0.600. The first-order valence-corrected chi connectivity index (χ1v) is 7.46. The fourth-order valence-electron chi connectivity index (χ4n) is 2.43. The van der Waals surface area contributed by atoms with Gasteiger partial charge in [-0.25, -0.2) is 9.18 Å². The Morgan fingerprint density at radius 2 is 2.18 bits per heavy atom. The Morgan fingerprint density at radius 1 is 1.55 bits per heavy atom. The molecule has 122 valence electrons. The number of amides is 1. The average molecular weight is 331 g/mol. The maximum absolute atomic E-state index is 13.9. The van der Waals surface area contributed by atoms with Gasteiger partial charge in [-0.05, 0) is 34.1 Å². The number of hydrogen-bond donors (Lipinski definition) is 1. The molecule has 7 heteroatoms. The van der Waals surface area contributed by atoms with E-state index in [1.165, 1.54) is 18.0 Å². The second kappa shape index (κ2) is 6.01. The number of aliphatic hydroxyl groups is 1. The molecule has 2 heterocycles. The van der Waals surface area contributed by atoms with Crippen molar-refractivity contribution in [1.82, 2.24) is 9.88 Å². The number of likely N-dealkylation sites (tertiary alicyclic amines) is 1. The van der Waals surface area contributed by atoms with Gasteiger partial charge in [-0.3, -0.25) is 9.88 Å². The minimum atomic E-state index is -0.710. The number of halogens is 2. The zero-order chi connectivity index (χ0) is 16.7. The van der Waals surface area contributed by atoms with Crippen molar-refractivity contribution in [2.75, 3.05) is 6.54 Å². The molecule has 1 fully saturated rings. The van der Waals surface area contributed by atoms with Crippen LogP contribution in [0.15, 0.2) is 6.20 Å². The number of carbonyl (C=O) groups excluding carboxylic acids is 1. The number of β-amino-alcohol motifs (C(OH)–C–C–N with tert-alkyl or cyclic N) is 1. The van der Waals surface area contributed by atoms with Crippen molar-refractivity contribution in [3.8, 4) is 0 Å². The maximum Gasteiger partial charge on any atom is 0.410 e. The first kappa shape index (κ1) is 17.0. The standard InChI is InChI=1S/C15H20ClFN2O3/c1-8-13(17)12(16)10(6-18-8)11-5-9(20)7-19(11)14(21)22-15(2,3)4/h6,9,11,20H,5,7H2,1-4H3/t9-,11?/m1/s1. The van der Waals surface area contributed by atoms with Crippen molar-refractivity contribution in [1.29, 1.82) is 0 Å². The topological polar surface area (TPSA) is 62.7 Å². The highest BCUT2D eigenvalue weighted by Gasteiger charge is 2.39. The van der Waals surface area contributed by atoms with Crippen LogP contribution in [0.1, 0.15) is 44.5 Å². The van der Waals surface area contributed by atoms with E-state index in [-0.39, 0.29) is 23.7 Å². The third kappa shape index (κ3) is 3.50. The van der Waals surface area contributed by atoms with Crippen LogP contribution in [0, 0.1) is 12.7 Å². The molecule has 0 radical (unpaired) electrons. The Kier molecular flexibility index (Phi) is 4.63. The van der Waals surface area contributed by atoms with Gasteiger partial charge in [0, 0.05) is 11.8 Å². The first-order valence-electron chi connectivity index (χ1n) is 7.08. The zero-order valence-electron chi connectivity index (χ0n) is 13.1. The van der Waals surface area contributed by atoms with Crippen LogP contribution in [0.4, 0.5) is 9.18 Å². The molecule has 1 N–H and O–H groups in total. The molecule has 0 aromatic carbocycles. The number of pyridine rings is 1. The third-order valence-electron chi connectivity index (χ3n) is 3.43. The summed E-state index contributed by atoms with van der Waals surface area (Å²) in [5.41, 5.74) is -0.0845. The summed E-state index contributed by atoms with van der Waals surface area (Å²) in [5.74, 6) is -0.607. The molecule has 0 spiro atoms. The molecule has 1 aliphatic heterocycles. The third-order valence-corrected chi connectivity index (χ3v) is 3.81. The van der Waals surface area contributed by atoms with E-state index >= 15 is 0 Å². The van der Waals surface area contributed by atoms with Gasteiger partial charge in [0.2, 0.25) is 0 Å². The lowest BCUT2D eigenvalue weighted by Gasteiger charge is -2.29. The Hall–Kier alpha value is -1.40. The van der Waals surface area contributed by atoms with Gasteiger partial charge in [0.05, 0.1) is 29.4 Å². The lowest BCUT2D eigenvalue weighted by atomic mass is 10.1. The number of carbonyl (C=O) groups is 1. The van der Waals surface area contributed by atoms with Gasteiger partial charge in [0.1, 0.15) is 5.60 Å².